The molecule has 1 fully saturated rings. The number of carbonyl (C=O) groups excluding carboxylic acids is 1. The topological polar surface area (TPSA) is 46.3 Å². The Labute approximate surface area is 109 Å². The lowest BCUT2D eigenvalue weighted by atomic mass is 9.90. The van der Waals surface area contributed by atoms with Gasteiger partial charge in [-0.2, -0.15) is 0 Å². The minimum atomic E-state index is 0.151. The van der Waals surface area contributed by atoms with Gasteiger partial charge in [-0.15, -0.1) is 0 Å². The molecule has 1 aliphatic rings. The highest BCUT2D eigenvalue weighted by Gasteiger charge is 2.27. The monoisotopic (exact) mass is 246 g/mol. The fourth-order valence-electron chi connectivity index (χ4n) is 2.73. The molecular weight excluding hydrogens is 224 g/mol. The van der Waals surface area contributed by atoms with Gasteiger partial charge in [-0.05, 0) is 44.7 Å². The highest BCUT2D eigenvalue weighted by atomic mass is 16.2. The molecule has 0 unspecified atom stereocenters. The molecule has 1 aromatic carbocycles. The van der Waals surface area contributed by atoms with Crippen LogP contribution in [0.2, 0.25) is 0 Å². The first-order chi connectivity index (χ1) is 8.72. The summed E-state index contributed by atoms with van der Waals surface area (Å²) in [4.78, 5) is 14.5. The number of rotatable bonds is 3. The van der Waals surface area contributed by atoms with Gasteiger partial charge in [-0.1, -0.05) is 18.2 Å². The van der Waals surface area contributed by atoms with Gasteiger partial charge in [0.2, 0.25) is 0 Å². The van der Waals surface area contributed by atoms with E-state index in [4.69, 9.17) is 5.73 Å². The Bertz CT molecular complexity index is 383. The molecule has 2 N–H and O–H groups in total. The van der Waals surface area contributed by atoms with Crippen molar-refractivity contribution in [1.82, 2.24) is 4.90 Å². The minimum Gasteiger partial charge on any atom is -0.336 e. The first-order valence-corrected chi connectivity index (χ1v) is 6.84. The Morgan fingerprint density at radius 1 is 1.22 bits per heavy atom. The van der Waals surface area contributed by atoms with E-state index in [9.17, 15) is 4.79 Å². The number of hydrogen-bond donors (Lipinski definition) is 1. The van der Waals surface area contributed by atoms with Crippen LogP contribution in [-0.2, 0) is 0 Å². The summed E-state index contributed by atoms with van der Waals surface area (Å²) in [5.41, 5.74) is 6.71. The lowest BCUT2D eigenvalue weighted by molar-refractivity contribution is 0.0640. The fourth-order valence-corrected chi connectivity index (χ4v) is 2.73. The summed E-state index contributed by atoms with van der Waals surface area (Å²) < 4.78 is 0. The first kappa shape index (κ1) is 13.1. The molecule has 98 valence electrons. The van der Waals surface area contributed by atoms with Gasteiger partial charge in [0, 0.05) is 24.2 Å². The van der Waals surface area contributed by atoms with Crippen molar-refractivity contribution < 1.29 is 4.79 Å². The van der Waals surface area contributed by atoms with Gasteiger partial charge in [0.05, 0.1) is 0 Å². The molecule has 0 radical (unpaired) electrons. The minimum absolute atomic E-state index is 0.151. The van der Waals surface area contributed by atoms with E-state index in [1.807, 2.05) is 35.2 Å². The van der Waals surface area contributed by atoms with Crippen LogP contribution in [0.3, 0.4) is 0 Å². The van der Waals surface area contributed by atoms with Crippen LogP contribution in [0, 0.1) is 0 Å². The van der Waals surface area contributed by atoms with E-state index >= 15 is 0 Å². The normalized spacial score (nSPS) is 23.7. The lowest BCUT2D eigenvalue weighted by Crippen LogP contribution is -2.44. The molecule has 0 aromatic heterocycles. The van der Waals surface area contributed by atoms with Crippen molar-refractivity contribution in [2.75, 3.05) is 6.54 Å². The Hall–Kier alpha value is -1.35. The number of hydrogen-bond acceptors (Lipinski definition) is 2. The maximum absolute atomic E-state index is 12.5. The van der Waals surface area contributed by atoms with E-state index in [1.54, 1.807) is 0 Å². The molecule has 0 heterocycles. The molecule has 0 aliphatic heterocycles. The van der Waals surface area contributed by atoms with Crippen molar-refractivity contribution in [1.29, 1.82) is 0 Å². The summed E-state index contributed by atoms with van der Waals surface area (Å²) in [5.74, 6) is 0.151. The van der Waals surface area contributed by atoms with E-state index in [2.05, 4.69) is 6.92 Å². The van der Waals surface area contributed by atoms with Gasteiger partial charge in [0.1, 0.15) is 0 Å². The van der Waals surface area contributed by atoms with Gasteiger partial charge in [-0.25, -0.2) is 0 Å². The highest BCUT2D eigenvalue weighted by molar-refractivity contribution is 5.94. The molecule has 18 heavy (non-hydrogen) atoms. The Kier molecular flexibility index (Phi) is 4.37. The van der Waals surface area contributed by atoms with Crippen LogP contribution < -0.4 is 5.73 Å². The van der Waals surface area contributed by atoms with Crippen molar-refractivity contribution in [3.05, 3.63) is 35.9 Å². The molecule has 0 saturated heterocycles. The van der Waals surface area contributed by atoms with Crippen molar-refractivity contribution in [3.8, 4) is 0 Å². The maximum atomic E-state index is 12.5. The number of amides is 1. The third-order valence-electron chi connectivity index (χ3n) is 3.80. The zero-order valence-corrected chi connectivity index (χ0v) is 11.0. The second kappa shape index (κ2) is 6.01. The SMILES string of the molecule is CCN(C(=O)c1ccccc1)C1CCC(N)CC1. The summed E-state index contributed by atoms with van der Waals surface area (Å²) in [5, 5.41) is 0. The van der Waals surface area contributed by atoms with Gasteiger partial charge in [0.15, 0.2) is 0 Å². The van der Waals surface area contributed by atoms with Crippen LogP contribution in [-0.4, -0.2) is 29.4 Å². The van der Waals surface area contributed by atoms with Crippen LogP contribution >= 0.6 is 0 Å². The molecule has 1 amide bonds. The first-order valence-electron chi connectivity index (χ1n) is 6.84. The van der Waals surface area contributed by atoms with E-state index in [0.29, 0.717) is 12.1 Å². The van der Waals surface area contributed by atoms with Crippen molar-refractivity contribution in [2.24, 2.45) is 5.73 Å². The summed E-state index contributed by atoms with van der Waals surface area (Å²) >= 11 is 0. The van der Waals surface area contributed by atoms with Crippen LogP contribution in [0.15, 0.2) is 30.3 Å². The molecule has 0 bridgehead atoms. The molecule has 2 rings (SSSR count). The summed E-state index contributed by atoms with van der Waals surface area (Å²) in [6.07, 6.45) is 4.13. The summed E-state index contributed by atoms with van der Waals surface area (Å²) in [6, 6.07) is 10.2. The Balaban J connectivity index is 2.07. The van der Waals surface area contributed by atoms with Crippen LogP contribution in [0.1, 0.15) is 43.0 Å². The Morgan fingerprint density at radius 2 is 1.83 bits per heavy atom. The number of nitrogens with zero attached hydrogens (tertiary/aromatic N) is 1. The number of nitrogens with two attached hydrogens (primary N) is 1. The zero-order chi connectivity index (χ0) is 13.0. The largest absolute Gasteiger partial charge is 0.336 e. The van der Waals surface area contributed by atoms with Gasteiger partial charge >= 0.3 is 0 Å². The summed E-state index contributed by atoms with van der Waals surface area (Å²) in [6.45, 7) is 2.82. The molecule has 3 heteroatoms. The van der Waals surface area contributed by atoms with E-state index < -0.39 is 0 Å². The smallest absolute Gasteiger partial charge is 0.254 e. The van der Waals surface area contributed by atoms with Crippen molar-refractivity contribution in [3.63, 3.8) is 0 Å². The predicted octanol–water partition coefficient (Wildman–Crippen LogP) is 2.42. The zero-order valence-electron chi connectivity index (χ0n) is 11.0. The van der Waals surface area contributed by atoms with Gasteiger partial charge in [0.25, 0.3) is 5.91 Å². The van der Waals surface area contributed by atoms with Crippen LogP contribution in [0.4, 0.5) is 0 Å². The maximum Gasteiger partial charge on any atom is 0.254 e. The van der Waals surface area contributed by atoms with Crippen LogP contribution in [0.25, 0.3) is 0 Å². The fraction of sp³-hybridized carbons (Fsp3) is 0.533. The molecule has 3 nitrogen and oxygen atoms in total. The second-order valence-electron chi connectivity index (χ2n) is 5.03. The van der Waals surface area contributed by atoms with E-state index in [0.717, 1.165) is 37.8 Å². The van der Waals surface area contributed by atoms with E-state index in [-0.39, 0.29) is 5.91 Å². The highest BCUT2D eigenvalue weighted by Crippen LogP contribution is 2.23. The van der Waals surface area contributed by atoms with Crippen molar-refractivity contribution in [2.45, 2.75) is 44.7 Å². The van der Waals surface area contributed by atoms with E-state index in [1.165, 1.54) is 0 Å². The molecule has 0 atom stereocenters. The third kappa shape index (κ3) is 2.91. The standard InChI is InChI=1S/C15H22N2O/c1-2-17(14-10-8-13(16)9-11-14)15(18)12-6-4-3-5-7-12/h3-7,13-14H,2,8-11,16H2,1H3. The third-order valence-corrected chi connectivity index (χ3v) is 3.80. The van der Waals surface area contributed by atoms with Gasteiger partial charge in [-0.3, -0.25) is 4.79 Å². The van der Waals surface area contributed by atoms with Crippen molar-refractivity contribution >= 4 is 5.91 Å². The molecule has 1 saturated carbocycles. The second-order valence-corrected chi connectivity index (χ2v) is 5.03. The quantitative estimate of drug-likeness (QED) is 0.890. The molecule has 0 spiro atoms. The Morgan fingerprint density at radius 3 is 2.39 bits per heavy atom. The molecular formula is C15H22N2O. The molecule has 1 aliphatic carbocycles. The average Bonchev–Trinajstić information content (AvgIpc) is 2.42. The summed E-state index contributed by atoms with van der Waals surface area (Å²) in [7, 11) is 0. The average molecular weight is 246 g/mol. The predicted molar refractivity (Wildman–Crippen MR) is 73.4 cm³/mol. The molecule has 1 aromatic rings. The number of carbonyl (C=O) groups is 1. The van der Waals surface area contributed by atoms with Crippen LogP contribution in [0.5, 0.6) is 0 Å². The van der Waals surface area contributed by atoms with Gasteiger partial charge < -0.3 is 10.6 Å². The number of benzene rings is 1. The lowest BCUT2D eigenvalue weighted by Gasteiger charge is -2.35.